The van der Waals surface area contributed by atoms with Gasteiger partial charge in [0.1, 0.15) is 0 Å². The molecule has 0 spiro atoms. The standard InChI is InChI=1S/C12H15NO3/c1-12(2,3)9-5-8(7-14)11(16-4)10(6-9)13-15/h5-7H,1-4H3. The van der Waals surface area contributed by atoms with E-state index in [1.54, 1.807) is 12.1 Å². The van der Waals surface area contributed by atoms with Gasteiger partial charge in [0.2, 0.25) is 0 Å². The number of aldehydes is 1. The predicted octanol–water partition coefficient (Wildman–Crippen LogP) is 3.20. The van der Waals surface area contributed by atoms with Gasteiger partial charge in [-0.05, 0) is 28.3 Å². The molecule has 86 valence electrons. The Kier molecular flexibility index (Phi) is 3.42. The van der Waals surface area contributed by atoms with Gasteiger partial charge in [0.15, 0.2) is 17.7 Å². The minimum atomic E-state index is -0.149. The Bertz CT molecular complexity index is 390. The van der Waals surface area contributed by atoms with Gasteiger partial charge in [-0.3, -0.25) is 4.79 Å². The quantitative estimate of drug-likeness (QED) is 0.581. The molecule has 1 rings (SSSR count). The van der Waals surface area contributed by atoms with Crippen LogP contribution in [0, 0.1) is 4.91 Å². The molecule has 1 aromatic rings. The second kappa shape index (κ2) is 4.43. The van der Waals surface area contributed by atoms with Crippen molar-refractivity contribution in [3.05, 3.63) is 28.2 Å². The largest absolute Gasteiger partial charge is 0.494 e. The van der Waals surface area contributed by atoms with Crippen molar-refractivity contribution in [2.45, 2.75) is 26.2 Å². The molecule has 0 unspecified atom stereocenters. The molecule has 0 heterocycles. The van der Waals surface area contributed by atoms with Crippen molar-refractivity contribution in [1.82, 2.24) is 0 Å². The molecular weight excluding hydrogens is 206 g/mol. The molecule has 0 aliphatic carbocycles. The average Bonchev–Trinajstić information content (AvgIpc) is 2.25. The Morgan fingerprint density at radius 1 is 1.31 bits per heavy atom. The number of benzene rings is 1. The summed E-state index contributed by atoms with van der Waals surface area (Å²) in [6, 6.07) is 3.37. The van der Waals surface area contributed by atoms with E-state index in [0.717, 1.165) is 5.56 Å². The van der Waals surface area contributed by atoms with Crippen molar-refractivity contribution in [3.8, 4) is 5.75 Å². The molecule has 0 saturated carbocycles. The molecule has 4 nitrogen and oxygen atoms in total. The van der Waals surface area contributed by atoms with E-state index in [-0.39, 0.29) is 16.9 Å². The first-order chi connectivity index (χ1) is 7.43. The van der Waals surface area contributed by atoms with E-state index in [9.17, 15) is 9.70 Å². The summed E-state index contributed by atoms with van der Waals surface area (Å²) in [6.45, 7) is 5.99. The molecule has 0 bridgehead atoms. The monoisotopic (exact) mass is 221 g/mol. The summed E-state index contributed by atoms with van der Waals surface area (Å²) in [6.07, 6.45) is 0.669. The van der Waals surface area contributed by atoms with E-state index in [1.165, 1.54) is 7.11 Å². The van der Waals surface area contributed by atoms with E-state index < -0.39 is 0 Å². The van der Waals surface area contributed by atoms with Gasteiger partial charge in [-0.2, -0.15) is 0 Å². The maximum atomic E-state index is 10.9. The highest BCUT2D eigenvalue weighted by Gasteiger charge is 2.19. The van der Waals surface area contributed by atoms with Gasteiger partial charge in [0.25, 0.3) is 0 Å². The lowest BCUT2D eigenvalue weighted by Crippen LogP contribution is -2.11. The summed E-state index contributed by atoms with van der Waals surface area (Å²) >= 11 is 0. The second-order valence-electron chi connectivity index (χ2n) is 4.58. The van der Waals surface area contributed by atoms with Gasteiger partial charge >= 0.3 is 0 Å². The van der Waals surface area contributed by atoms with Crippen LogP contribution in [0.5, 0.6) is 5.75 Å². The van der Waals surface area contributed by atoms with E-state index in [4.69, 9.17) is 4.74 Å². The molecule has 0 aliphatic heterocycles. The normalized spacial score (nSPS) is 11.0. The molecular formula is C12H15NO3. The van der Waals surface area contributed by atoms with Gasteiger partial charge in [-0.15, -0.1) is 4.91 Å². The van der Waals surface area contributed by atoms with Crippen LogP contribution in [0.4, 0.5) is 5.69 Å². The van der Waals surface area contributed by atoms with E-state index in [2.05, 4.69) is 5.18 Å². The average molecular weight is 221 g/mol. The first-order valence-corrected chi connectivity index (χ1v) is 4.95. The van der Waals surface area contributed by atoms with Gasteiger partial charge in [0.05, 0.1) is 12.7 Å². The molecule has 0 atom stereocenters. The number of carbonyl (C=O) groups is 1. The number of carbonyl (C=O) groups excluding carboxylic acids is 1. The van der Waals surface area contributed by atoms with E-state index in [0.29, 0.717) is 11.8 Å². The zero-order valence-electron chi connectivity index (χ0n) is 9.90. The summed E-state index contributed by atoms with van der Waals surface area (Å²) in [4.78, 5) is 21.6. The Morgan fingerprint density at radius 3 is 2.31 bits per heavy atom. The van der Waals surface area contributed by atoms with Crippen LogP contribution in [-0.2, 0) is 5.41 Å². The summed E-state index contributed by atoms with van der Waals surface area (Å²) < 4.78 is 5.00. The first kappa shape index (κ1) is 12.4. The van der Waals surface area contributed by atoms with E-state index >= 15 is 0 Å². The van der Waals surface area contributed by atoms with Gasteiger partial charge in [-0.1, -0.05) is 20.8 Å². The van der Waals surface area contributed by atoms with Crippen LogP contribution in [0.2, 0.25) is 0 Å². The minimum absolute atomic E-state index is 0.149. The van der Waals surface area contributed by atoms with Crippen LogP contribution < -0.4 is 4.74 Å². The minimum Gasteiger partial charge on any atom is -0.494 e. The summed E-state index contributed by atoms with van der Waals surface area (Å²) in [5.74, 6) is 0.234. The number of methoxy groups -OCH3 is 1. The van der Waals surface area contributed by atoms with E-state index in [1.807, 2.05) is 20.8 Å². The number of rotatable bonds is 3. The van der Waals surface area contributed by atoms with Crippen LogP contribution in [0.15, 0.2) is 17.3 Å². The molecule has 0 saturated heterocycles. The lowest BCUT2D eigenvalue weighted by molar-refractivity contribution is 0.112. The highest BCUT2D eigenvalue weighted by Crippen LogP contribution is 2.35. The maximum Gasteiger partial charge on any atom is 0.158 e. The molecule has 0 aliphatic rings. The fourth-order valence-corrected chi connectivity index (χ4v) is 1.45. The molecule has 0 N–H and O–H groups in total. The SMILES string of the molecule is COc1c(C=O)cc(C(C)(C)C)cc1N=O. The molecule has 0 aromatic heterocycles. The summed E-state index contributed by atoms with van der Waals surface area (Å²) in [5.41, 5.74) is 1.25. The van der Waals surface area contributed by atoms with Crippen molar-refractivity contribution in [1.29, 1.82) is 0 Å². The van der Waals surface area contributed by atoms with Crippen LogP contribution in [0.1, 0.15) is 36.7 Å². The topological polar surface area (TPSA) is 55.7 Å². The number of hydrogen-bond donors (Lipinski definition) is 0. The van der Waals surface area contributed by atoms with Gasteiger partial charge in [0, 0.05) is 0 Å². The number of ether oxygens (including phenoxy) is 1. The fourth-order valence-electron chi connectivity index (χ4n) is 1.45. The Labute approximate surface area is 94.6 Å². The third-order valence-corrected chi connectivity index (χ3v) is 2.39. The molecule has 0 radical (unpaired) electrons. The van der Waals surface area contributed by atoms with Crippen molar-refractivity contribution < 1.29 is 9.53 Å². The number of nitroso groups, excluding NO2 is 1. The Morgan fingerprint density at radius 2 is 1.94 bits per heavy atom. The predicted molar refractivity (Wildman–Crippen MR) is 62.5 cm³/mol. The lowest BCUT2D eigenvalue weighted by atomic mass is 9.85. The van der Waals surface area contributed by atoms with Crippen LogP contribution in [0.25, 0.3) is 0 Å². The van der Waals surface area contributed by atoms with Gasteiger partial charge < -0.3 is 4.74 Å². The zero-order valence-corrected chi connectivity index (χ0v) is 9.90. The number of hydrogen-bond acceptors (Lipinski definition) is 4. The lowest BCUT2D eigenvalue weighted by Gasteiger charge is -2.20. The Hall–Kier alpha value is -1.71. The third kappa shape index (κ3) is 2.27. The van der Waals surface area contributed by atoms with Crippen molar-refractivity contribution in [2.75, 3.05) is 7.11 Å². The maximum absolute atomic E-state index is 10.9. The van der Waals surface area contributed by atoms with Gasteiger partial charge in [-0.25, -0.2) is 0 Å². The van der Waals surface area contributed by atoms with Crippen LogP contribution in [-0.4, -0.2) is 13.4 Å². The van der Waals surface area contributed by atoms with Crippen molar-refractivity contribution in [3.63, 3.8) is 0 Å². The summed E-state index contributed by atoms with van der Waals surface area (Å²) in [7, 11) is 1.41. The smallest absolute Gasteiger partial charge is 0.158 e. The zero-order chi connectivity index (χ0) is 12.3. The highest BCUT2D eigenvalue weighted by atomic mass is 16.5. The molecule has 4 heteroatoms. The fraction of sp³-hybridized carbons (Fsp3) is 0.417. The van der Waals surface area contributed by atoms with Crippen LogP contribution >= 0.6 is 0 Å². The van der Waals surface area contributed by atoms with Crippen molar-refractivity contribution in [2.24, 2.45) is 5.18 Å². The second-order valence-corrected chi connectivity index (χ2v) is 4.58. The third-order valence-electron chi connectivity index (χ3n) is 2.39. The molecule has 16 heavy (non-hydrogen) atoms. The van der Waals surface area contributed by atoms with Crippen molar-refractivity contribution >= 4 is 12.0 Å². The molecule has 0 fully saturated rings. The number of nitrogens with zero attached hydrogens (tertiary/aromatic N) is 1. The molecule has 1 aromatic carbocycles. The highest BCUT2D eigenvalue weighted by molar-refractivity contribution is 5.83. The summed E-state index contributed by atoms with van der Waals surface area (Å²) in [5, 5.41) is 2.89. The molecule has 0 amide bonds. The first-order valence-electron chi connectivity index (χ1n) is 4.95. The Balaban J connectivity index is 3.49. The van der Waals surface area contributed by atoms with Crippen LogP contribution in [0.3, 0.4) is 0 Å².